The molecule has 1 amide bonds. The summed E-state index contributed by atoms with van der Waals surface area (Å²) >= 11 is 0. The zero-order chi connectivity index (χ0) is 25.8. The number of halogens is 2. The van der Waals surface area contributed by atoms with Crippen LogP contribution in [0.5, 0.6) is 0 Å². The van der Waals surface area contributed by atoms with E-state index in [1.165, 1.54) is 0 Å². The Morgan fingerprint density at radius 3 is 2.31 bits per heavy atom. The fourth-order valence-electron chi connectivity index (χ4n) is 5.82. The number of hydrogen-bond acceptors (Lipinski definition) is 4. The second-order valence-electron chi connectivity index (χ2n) is 9.97. The summed E-state index contributed by atoms with van der Waals surface area (Å²) < 4.78 is 33.8. The lowest BCUT2D eigenvalue weighted by molar-refractivity contribution is -0.142. The van der Waals surface area contributed by atoms with Gasteiger partial charge in [-0.3, -0.25) is 9.59 Å². The van der Waals surface area contributed by atoms with Gasteiger partial charge in [0.05, 0.1) is 18.7 Å². The second-order valence-corrected chi connectivity index (χ2v) is 9.97. The topological polar surface area (TPSA) is 63.7 Å². The largest absolute Gasteiger partial charge is 0.465 e. The molecule has 0 bridgehead atoms. The molecule has 2 fully saturated rings. The first kappa shape index (κ1) is 26.0. The fourth-order valence-corrected chi connectivity index (χ4v) is 5.82. The van der Waals surface area contributed by atoms with Crippen molar-refractivity contribution in [2.75, 3.05) is 13.7 Å². The van der Waals surface area contributed by atoms with Gasteiger partial charge in [0.2, 0.25) is 5.91 Å². The fraction of sp³-hybridized carbons (Fsp3) is 0.483. The molecule has 7 heteroatoms. The Kier molecular flexibility index (Phi) is 8.17. The number of esters is 1. The Morgan fingerprint density at radius 1 is 0.972 bits per heavy atom. The van der Waals surface area contributed by atoms with Crippen LogP contribution in [0.25, 0.3) is 0 Å². The van der Waals surface area contributed by atoms with Crippen molar-refractivity contribution in [2.24, 2.45) is 11.8 Å². The van der Waals surface area contributed by atoms with Gasteiger partial charge in [-0.25, -0.2) is 13.6 Å². The molecule has 0 aromatic heterocycles. The SMILES string of the molecule is CCC1CCC(C(=O)N2CC[C@H](c3ccccc3)[C@H]2C(=O)Cc2cc(F)c(C(=O)OC)cc2F)CC1. The van der Waals surface area contributed by atoms with E-state index < -0.39 is 29.2 Å². The van der Waals surface area contributed by atoms with Gasteiger partial charge in [0.1, 0.15) is 11.6 Å². The number of likely N-dealkylation sites (tertiary alicyclic amines) is 1. The van der Waals surface area contributed by atoms with Crippen LogP contribution in [0.1, 0.15) is 72.9 Å². The Bertz CT molecular complexity index is 1110. The molecule has 36 heavy (non-hydrogen) atoms. The molecule has 1 aliphatic heterocycles. The maximum atomic E-state index is 14.8. The minimum absolute atomic E-state index is 0.00553. The molecule has 0 unspecified atom stereocenters. The molecule has 2 aromatic rings. The summed E-state index contributed by atoms with van der Waals surface area (Å²) in [6.07, 6.45) is 5.04. The Morgan fingerprint density at radius 2 is 1.67 bits per heavy atom. The Balaban J connectivity index is 1.60. The third-order valence-corrected chi connectivity index (χ3v) is 7.92. The van der Waals surface area contributed by atoms with Gasteiger partial charge in [0, 0.05) is 24.8 Å². The van der Waals surface area contributed by atoms with E-state index in [0.717, 1.165) is 56.9 Å². The van der Waals surface area contributed by atoms with Gasteiger partial charge in [-0.15, -0.1) is 0 Å². The number of rotatable bonds is 7. The van der Waals surface area contributed by atoms with Crippen LogP contribution in [0.3, 0.4) is 0 Å². The number of ether oxygens (including phenoxy) is 1. The van der Waals surface area contributed by atoms with Crippen LogP contribution in [0, 0.1) is 23.5 Å². The van der Waals surface area contributed by atoms with Crippen LogP contribution in [0.4, 0.5) is 8.78 Å². The van der Waals surface area contributed by atoms with Crippen molar-refractivity contribution in [3.8, 4) is 0 Å². The number of carbonyl (C=O) groups excluding carboxylic acids is 3. The number of ketones is 1. The number of carbonyl (C=O) groups is 3. The van der Waals surface area contributed by atoms with E-state index in [-0.39, 0.29) is 35.5 Å². The zero-order valence-corrected chi connectivity index (χ0v) is 20.8. The zero-order valence-electron chi connectivity index (χ0n) is 20.8. The van der Waals surface area contributed by atoms with Crippen molar-refractivity contribution >= 4 is 17.7 Å². The highest BCUT2D eigenvalue weighted by Gasteiger charge is 2.44. The summed E-state index contributed by atoms with van der Waals surface area (Å²) in [4.78, 5) is 40.6. The first-order chi connectivity index (χ1) is 17.3. The van der Waals surface area contributed by atoms with Crippen molar-refractivity contribution in [3.63, 3.8) is 0 Å². The van der Waals surface area contributed by atoms with E-state index in [0.29, 0.717) is 18.9 Å². The van der Waals surface area contributed by atoms with Crippen molar-refractivity contribution < 1.29 is 27.9 Å². The first-order valence-electron chi connectivity index (χ1n) is 12.8. The molecule has 2 aliphatic rings. The van der Waals surface area contributed by atoms with Crippen molar-refractivity contribution in [1.82, 2.24) is 4.90 Å². The molecule has 1 saturated heterocycles. The third kappa shape index (κ3) is 5.35. The van der Waals surface area contributed by atoms with Crippen molar-refractivity contribution in [1.29, 1.82) is 0 Å². The predicted molar refractivity (Wildman–Crippen MR) is 131 cm³/mol. The van der Waals surface area contributed by atoms with Crippen LogP contribution < -0.4 is 0 Å². The van der Waals surface area contributed by atoms with E-state index in [1.807, 2.05) is 30.3 Å². The molecule has 5 nitrogen and oxygen atoms in total. The molecule has 2 atom stereocenters. The summed E-state index contributed by atoms with van der Waals surface area (Å²) in [6, 6.07) is 10.5. The number of nitrogens with zero attached hydrogens (tertiary/aromatic N) is 1. The Labute approximate surface area is 210 Å². The summed E-state index contributed by atoms with van der Waals surface area (Å²) in [5.74, 6) is -2.79. The third-order valence-electron chi connectivity index (χ3n) is 7.92. The van der Waals surface area contributed by atoms with Crippen molar-refractivity contribution in [2.45, 2.75) is 63.8 Å². The smallest absolute Gasteiger partial charge is 0.340 e. The van der Waals surface area contributed by atoms with Gasteiger partial charge in [0.15, 0.2) is 5.78 Å². The van der Waals surface area contributed by atoms with Crippen LogP contribution in [0.2, 0.25) is 0 Å². The van der Waals surface area contributed by atoms with Crippen LogP contribution >= 0.6 is 0 Å². The molecule has 0 spiro atoms. The van der Waals surface area contributed by atoms with E-state index in [4.69, 9.17) is 0 Å². The molecule has 192 valence electrons. The van der Waals surface area contributed by atoms with Gasteiger partial charge >= 0.3 is 5.97 Å². The highest BCUT2D eigenvalue weighted by Crippen LogP contribution is 2.38. The van der Waals surface area contributed by atoms with Crippen LogP contribution in [-0.2, 0) is 20.7 Å². The lowest BCUT2D eigenvalue weighted by Gasteiger charge is -2.33. The highest BCUT2D eigenvalue weighted by molar-refractivity contribution is 5.93. The van der Waals surface area contributed by atoms with E-state index in [1.54, 1.807) is 4.90 Å². The number of methoxy groups -OCH3 is 1. The number of Topliss-reactive ketones (excluding diaryl/α,β-unsaturated/α-hetero) is 1. The number of benzene rings is 2. The summed E-state index contributed by atoms with van der Waals surface area (Å²) in [7, 11) is 1.08. The quantitative estimate of drug-likeness (QED) is 0.477. The van der Waals surface area contributed by atoms with E-state index >= 15 is 0 Å². The maximum absolute atomic E-state index is 14.8. The highest BCUT2D eigenvalue weighted by atomic mass is 19.1. The molecule has 1 aliphatic carbocycles. The minimum Gasteiger partial charge on any atom is -0.465 e. The lowest BCUT2D eigenvalue weighted by Crippen LogP contribution is -2.46. The molecule has 1 saturated carbocycles. The molecule has 0 radical (unpaired) electrons. The minimum atomic E-state index is -0.987. The number of amides is 1. The van der Waals surface area contributed by atoms with E-state index in [9.17, 15) is 23.2 Å². The monoisotopic (exact) mass is 497 g/mol. The first-order valence-corrected chi connectivity index (χ1v) is 12.8. The molecule has 0 N–H and O–H groups in total. The van der Waals surface area contributed by atoms with Gasteiger partial charge < -0.3 is 9.64 Å². The van der Waals surface area contributed by atoms with Gasteiger partial charge in [-0.2, -0.15) is 0 Å². The number of hydrogen-bond donors (Lipinski definition) is 0. The van der Waals surface area contributed by atoms with Crippen molar-refractivity contribution in [3.05, 3.63) is 70.8 Å². The normalized spacial score (nSPS) is 23.9. The lowest BCUT2D eigenvalue weighted by atomic mass is 9.80. The molecule has 4 rings (SSSR count). The van der Waals surface area contributed by atoms with Gasteiger partial charge in [-0.05, 0) is 61.3 Å². The van der Waals surface area contributed by atoms with E-state index in [2.05, 4.69) is 11.7 Å². The second kappa shape index (κ2) is 11.3. The van der Waals surface area contributed by atoms with Crippen LogP contribution in [-0.4, -0.2) is 42.3 Å². The maximum Gasteiger partial charge on any atom is 0.340 e. The molecular formula is C29H33F2NO4. The summed E-state index contributed by atoms with van der Waals surface area (Å²) in [5, 5.41) is 0. The molecular weight excluding hydrogens is 464 g/mol. The molecule has 1 heterocycles. The average molecular weight is 498 g/mol. The summed E-state index contributed by atoms with van der Waals surface area (Å²) in [5.41, 5.74) is 0.293. The average Bonchev–Trinajstić information content (AvgIpc) is 3.35. The summed E-state index contributed by atoms with van der Waals surface area (Å²) in [6.45, 7) is 2.63. The van der Waals surface area contributed by atoms with Crippen LogP contribution in [0.15, 0.2) is 42.5 Å². The van der Waals surface area contributed by atoms with Gasteiger partial charge in [0.25, 0.3) is 0 Å². The standard InChI is InChI=1S/C29H33F2NO4/c1-3-18-9-11-20(12-10-18)28(34)32-14-13-22(19-7-5-4-6-8-19)27(32)26(33)16-21-15-25(31)23(17-24(21)30)29(35)36-2/h4-8,15,17-18,20,22,27H,3,9-14,16H2,1-2H3/t18?,20?,22-,27+/m1/s1. The predicted octanol–water partition coefficient (Wildman–Crippen LogP) is 5.46. The Hall–Kier alpha value is -3.09. The van der Waals surface area contributed by atoms with Gasteiger partial charge in [-0.1, -0.05) is 43.7 Å². The molecule has 2 aromatic carbocycles.